The smallest absolute Gasteiger partial charge is 0.252 e. The lowest BCUT2D eigenvalue weighted by Crippen LogP contribution is -2.34. The molecule has 3 aromatic rings. The van der Waals surface area contributed by atoms with Gasteiger partial charge in [0.15, 0.2) is 0 Å². The average molecular weight is 437 g/mol. The van der Waals surface area contributed by atoms with Gasteiger partial charge in [0.1, 0.15) is 15.7 Å². The van der Waals surface area contributed by atoms with Crippen LogP contribution in [0.2, 0.25) is 4.34 Å². The largest absolute Gasteiger partial charge is 0.457 e. The van der Waals surface area contributed by atoms with Crippen molar-refractivity contribution in [1.29, 1.82) is 0 Å². The van der Waals surface area contributed by atoms with Gasteiger partial charge < -0.3 is 10.1 Å². The van der Waals surface area contributed by atoms with Gasteiger partial charge in [-0.1, -0.05) is 29.8 Å². The molecule has 2 aromatic carbocycles. The molecule has 3 rings (SSSR count). The van der Waals surface area contributed by atoms with Crippen LogP contribution in [-0.2, 0) is 14.8 Å². The molecule has 0 radical (unpaired) electrons. The summed E-state index contributed by atoms with van der Waals surface area (Å²) in [6, 6.07) is 19.1. The molecule has 0 bridgehead atoms. The predicted molar refractivity (Wildman–Crippen MR) is 111 cm³/mol. The second-order valence-corrected chi connectivity index (χ2v) is 9.79. The molecule has 0 aliphatic heterocycles. The van der Waals surface area contributed by atoms with Crippen LogP contribution in [0.25, 0.3) is 0 Å². The number of rotatable bonds is 7. The zero-order chi connectivity index (χ0) is 20.1. The molecule has 0 fully saturated rings. The number of amides is 1. The highest BCUT2D eigenvalue weighted by Gasteiger charge is 2.24. The first-order valence-corrected chi connectivity index (χ1v) is 10.8. The second kappa shape index (κ2) is 8.74. The normalized spacial score (nSPS) is 11.4. The van der Waals surface area contributed by atoms with Crippen molar-refractivity contribution in [2.24, 2.45) is 0 Å². The van der Waals surface area contributed by atoms with Gasteiger partial charge in [-0.25, -0.2) is 8.42 Å². The number of nitrogens with zero attached hydrogens (tertiary/aromatic N) is 1. The molecule has 0 unspecified atom stereocenters. The highest BCUT2D eigenvalue weighted by Crippen LogP contribution is 2.27. The second-order valence-electron chi connectivity index (χ2n) is 5.81. The Morgan fingerprint density at radius 3 is 2.29 bits per heavy atom. The predicted octanol–water partition coefficient (Wildman–Crippen LogP) is 4.45. The minimum Gasteiger partial charge on any atom is -0.457 e. The number of halogens is 1. The molecule has 1 aromatic heterocycles. The number of likely N-dealkylation sites (N-methyl/N-ethyl adjacent to an activating group) is 1. The fourth-order valence-electron chi connectivity index (χ4n) is 2.31. The van der Waals surface area contributed by atoms with Crippen LogP contribution in [0.1, 0.15) is 0 Å². The first kappa shape index (κ1) is 20.3. The number of para-hydroxylation sites is 1. The summed E-state index contributed by atoms with van der Waals surface area (Å²) < 4.78 is 32.0. The van der Waals surface area contributed by atoms with E-state index in [0.717, 1.165) is 15.6 Å². The average Bonchev–Trinajstić information content (AvgIpc) is 3.11. The van der Waals surface area contributed by atoms with Crippen LogP contribution in [0, 0.1) is 0 Å². The Morgan fingerprint density at radius 1 is 1.04 bits per heavy atom. The topological polar surface area (TPSA) is 75.7 Å². The van der Waals surface area contributed by atoms with Crippen molar-refractivity contribution in [2.45, 2.75) is 4.21 Å². The van der Waals surface area contributed by atoms with Crippen molar-refractivity contribution in [3.63, 3.8) is 0 Å². The standard InChI is InChI=1S/C19H17ClN2O4S2/c1-22(28(24,25)19-12-11-17(20)27-19)13-18(23)21-14-7-9-16(10-8-14)26-15-5-3-2-4-6-15/h2-12H,13H2,1H3,(H,21,23). The van der Waals surface area contributed by atoms with Crippen LogP contribution in [0.15, 0.2) is 70.9 Å². The molecule has 28 heavy (non-hydrogen) atoms. The van der Waals surface area contributed by atoms with Crippen LogP contribution < -0.4 is 10.1 Å². The molecular formula is C19H17ClN2O4S2. The molecule has 1 N–H and O–H groups in total. The van der Waals surface area contributed by atoms with Crippen LogP contribution >= 0.6 is 22.9 Å². The van der Waals surface area contributed by atoms with Gasteiger partial charge in [0, 0.05) is 12.7 Å². The van der Waals surface area contributed by atoms with Crippen molar-refractivity contribution >= 4 is 44.6 Å². The Kier molecular flexibility index (Phi) is 6.35. The Hall–Kier alpha value is -2.39. The third kappa shape index (κ3) is 5.11. The molecule has 1 heterocycles. The molecule has 0 atom stereocenters. The summed E-state index contributed by atoms with van der Waals surface area (Å²) in [7, 11) is -2.41. The fourth-order valence-corrected chi connectivity index (χ4v) is 5.13. The van der Waals surface area contributed by atoms with Gasteiger partial charge in [-0.05, 0) is 48.5 Å². The van der Waals surface area contributed by atoms with Crippen molar-refractivity contribution in [2.75, 3.05) is 18.9 Å². The van der Waals surface area contributed by atoms with E-state index in [-0.39, 0.29) is 10.8 Å². The van der Waals surface area contributed by atoms with E-state index >= 15 is 0 Å². The molecule has 0 saturated carbocycles. The quantitative estimate of drug-likeness (QED) is 0.593. The summed E-state index contributed by atoms with van der Waals surface area (Å²) in [6.07, 6.45) is 0. The molecular weight excluding hydrogens is 420 g/mol. The van der Waals surface area contributed by atoms with E-state index in [9.17, 15) is 13.2 Å². The maximum absolute atomic E-state index is 12.4. The van der Waals surface area contributed by atoms with Crippen molar-refractivity contribution in [1.82, 2.24) is 4.31 Å². The number of hydrogen-bond acceptors (Lipinski definition) is 5. The summed E-state index contributed by atoms with van der Waals surface area (Å²) in [6.45, 7) is -0.319. The minimum atomic E-state index is -3.76. The molecule has 0 aliphatic rings. The maximum Gasteiger partial charge on any atom is 0.252 e. The lowest BCUT2D eigenvalue weighted by atomic mass is 10.3. The molecule has 146 valence electrons. The Bertz CT molecular complexity index is 1050. The zero-order valence-electron chi connectivity index (χ0n) is 14.8. The van der Waals surface area contributed by atoms with E-state index in [1.165, 1.54) is 19.2 Å². The van der Waals surface area contributed by atoms with E-state index in [4.69, 9.17) is 16.3 Å². The fraction of sp³-hybridized carbons (Fsp3) is 0.105. The number of ether oxygens (including phenoxy) is 1. The molecule has 0 saturated heterocycles. The summed E-state index contributed by atoms with van der Waals surface area (Å²) in [5.41, 5.74) is 0.537. The number of carbonyl (C=O) groups excluding carboxylic acids is 1. The molecule has 9 heteroatoms. The number of hydrogen-bond donors (Lipinski definition) is 1. The number of benzene rings is 2. The monoisotopic (exact) mass is 436 g/mol. The first-order chi connectivity index (χ1) is 13.3. The molecule has 0 aliphatic carbocycles. The number of nitrogens with one attached hydrogen (secondary N) is 1. The van der Waals surface area contributed by atoms with Crippen molar-refractivity contribution < 1.29 is 17.9 Å². The van der Waals surface area contributed by atoms with Crippen LogP contribution in [0.4, 0.5) is 5.69 Å². The maximum atomic E-state index is 12.4. The number of carbonyl (C=O) groups is 1. The Labute approximate surface area is 172 Å². The summed E-state index contributed by atoms with van der Waals surface area (Å²) in [5.74, 6) is 0.878. The van der Waals surface area contributed by atoms with Gasteiger partial charge in [0.25, 0.3) is 10.0 Å². The van der Waals surface area contributed by atoms with Crippen LogP contribution in [0.3, 0.4) is 0 Å². The Balaban J connectivity index is 1.58. The van der Waals surface area contributed by atoms with Gasteiger partial charge in [-0.15, -0.1) is 11.3 Å². The summed E-state index contributed by atoms with van der Waals surface area (Å²) >= 11 is 6.74. The van der Waals surface area contributed by atoms with Crippen molar-refractivity contribution in [3.05, 3.63) is 71.1 Å². The van der Waals surface area contributed by atoms with E-state index in [1.54, 1.807) is 24.3 Å². The number of anilines is 1. The van der Waals surface area contributed by atoms with Gasteiger partial charge >= 0.3 is 0 Å². The molecule has 0 spiro atoms. The molecule has 6 nitrogen and oxygen atoms in total. The highest BCUT2D eigenvalue weighted by molar-refractivity contribution is 7.91. The van der Waals surface area contributed by atoms with Crippen LogP contribution in [-0.4, -0.2) is 32.2 Å². The minimum absolute atomic E-state index is 0.0928. The third-order valence-corrected chi connectivity index (χ3v) is 7.20. The van der Waals surface area contributed by atoms with E-state index < -0.39 is 15.9 Å². The lowest BCUT2D eigenvalue weighted by Gasteiger charge is -2.15. The van der Waals surface area contributed by atoms with E-state index in [0.29, 0.717) is 21.5 Å². The Morgan fingerprint density at radius 2 is 1.68 bits per heavy atom. The first-order valence-electron chi connectivity index (χ1n) is 8.19. The lowest BCUT2D eigenvalue weighted by molar-refractivity contribution is -0.116. The van der Waals surface area contributed by atoms with Gasteiger partial charge in [-0.2, -0.15) is 4.31 Å². The van der Waals surface area contributed by atoms with Gasteiger partial charge in [0.05, 0.1) is 10.9 Å². The third-order valence-electron chi connectivity index (χ3n) is 3.70. The van der Waals surface area contributed by atoms with E-state index in [1.807, 2.05) is 30.3 Å². The SMILES string of the molecule is CN(CC(=O)Nc1ccc(Oc2ccccc2)cc1)S(=O)(=O)c1ccc(Cl)s1. The van der Waals surface area contributed by atoms with Gasteiger partial charge in [-0.3, -0.25) is 4.79 Å². The summed E-state index contributed by atoms with van der Waals surface area (Å²) in [5, 5.41) is 2.67. The zero-order valence-corrected chi connectivity index (χ0v) is 17.2. The highest BCUT2D eigenvalue weighted by atomic mass is 35.5. The molecule has 1 amide bonds. The number of sulfonamides is 1. The van der Waals surface area contributed by atoms with E-state index in [2.05, 4.69) is 5.32 Å². The number of thiophene rings is 1. The van der Waals surface area contributed by atoms with Crippen molar-refractivity contribution in [3.8, 4) is 11.5 Å². The van der Waals surface area contributed by atoms with Crippen LogP contribution in [0.5, 0.6) is 11.5 Å². The summed E-state index contributed by atoms with van der Waals surface area (Å²) in [4.78, 5) is 12.2. The van der Waals surface area contributed by atoms with Gasteiger partial charge in [0.2, 0.25) is 5.91 Å².